The third-order valence-electron chi connectivity index (χ3n) is 8.03. The predicted octanol–water partition coefficient (Wildman–Crippen LogP) is 2.48. The number of nitrogens with zero attached hydrogens (tertiary/aromatic N) is 1. The minimum atomic E-state index is -1.04. The van der Waals surface area contributed by atoms with E-state index in [2.05, 4.69) is 10.6 Å². The molecule has 4 rings (SSSR count). The number of aliphatic hydroxyl groups excluding tert-OH is 1. The molecule has 5 atom stereocenters. The van der Waals surface area contributed by atoms with E-state index in [4.69, 9.17) is 9.47 Å². The highest BCUT2D eigenvalue weighted by Crippen LogP contribution is 2.64. The fourth-order valence-corrected chi connectivity index (χ4v) is 6.40. The van der Waals surface area contributed by atoms with Crippen molar-refractivity contribution in [3.05, 3.63) is 24.3 Å². The largest absolute Gasteiger partial charge is 0.494 e. The van der Waals surface area contributed by atoms with Crippen LogP contribution in [0.5, 0.6) is 5.75 Å². The number of carbonyl (C=O) groups excluding carboxylic acids is 3. The average molecular weight is 502 g/mol. The van der Waals surface area contributed by atoms with E-state index in [-0.39, 0.29) is 30.9 Å². The summed E-state index contributed by atoms with van der Waals surface area (Å²) in [5, 5.41) is 15.4. The van der Waals surface area contributed by atoms with Crippen molar-refractivity contribution in [2.24, 2.45) is 11.8 Å². The first kappa shape index (κ1) is 26.4. The Morgan fingerprint density at radius 2 is 1.89 bits per heavy atom. The number of rotatable bonds is 12. The molecule has 1 spiro atoms. The number of carbonyl (C=O) groups is 3. The van der Waals surface area contributed by atoms with E-state index in [1.54, 1.807) is 29.2 Å². The van der Waals surface area contributed by atoms with E-state index in [0.29, 0.717) is 50.3 Å². The van der Waals surface area contributed by atoms with Crippen molar-refractivity contribution in [2.45, 2.75) is 76.5 Å². The van der Waals surface area contributed by atoms with Crippen molar-refractivity contribution in [1.82, 2.24) is 10.2 Å². The van der Waals surface area contributed by atoms with Gasteiger partial charge in [-0.1, -0.05) is 20.3 Å². The Balaban J connectivity index is 1.64. The monoisotopic (exact) mass is 501 g/mol. The van der Waals surface area contributed by atoms with Gasteiger partial charge in [-0.05, 0) is 63.3 Å². The second kappa shape index (κ2) is 10.8. The SMILES string of the molecule is CCCCNC(=O)C1N(CCCO)C(=O)[C@@H]2[C@@H](C(=O)Nc3ccc(OCC)cc3)[C@@]3(CC)CCC12O3. The third kappa shape index (κ3) is 4.36. The van der Waals surface area contributed by atoms with Crippen LogP contribution in [0.2, 0.25) is 0 Å². The minimum absolute atomic E-state index is 0.0902. The zero-order chi connectivity index (χ0) is 25.9. The van der Waals surface area contributed by atoms with Crippen LogP contribution < -0.4 is 15.4 Å². The maximum absolute atomic E-state index is 13.9. The summed E-state index contributed by atoms with van der Waals surface area (Å²) < 4.78 is 12.2. The molecule has 198 valence electrons. The molecule has 3 N–H and O–H groups in total. The summed E-state index contributed by atoms with van der Waals surface area (Å²) in [4.78, 5) is 42.6. The number of ether oxygens (including phenoxy) is 2. The van der Waals surface area contributed by atoms with Crippen molar-refractivity contribution in [3.63, 3.8) is 0 Å². The van der Waals surface area contributed by atoms with E-state index < -0.39 is 29.1 Å². The summed E-state index contributed by atoms with van der Waals surface area (Å²) in [6.07, 6.45) is 3.87. The standard InChI is InChI=1S/C27H39N3O6/c1-4-7-15-28-24(33)22-27-14-13-26(5-2,36-27)20(21(27)25(34)30(22)16-8-17-31)23(32)29-18-9-11-19(12-10-18)35-6-3/h9-12,20-22,31H,4-8,13-17H2,1-3H3,(H,28,33)(H,29,32)/t20-,21-,22?,26+,27?/m0/s1. The molecule has 3 fully saturated rings. The van der Waals surface area contributed by atoms with Crippen molar-refractivity contribution in [3.8, 4) is 5.75 Å². The molecule has 3 saturated heterocycles. The van der Waals surface area contributed by atoms with Crippen LogP contribution in [-0.4, -0.2) is 71.3 Å². The van der Waals surface area contributed by atoms with Crippen molar-refractivity contribution in [2.75, 3.05) is 31.6 Å². The number of aliphatic hydroxyl groups is 1. The minimum Gasteiger partial charge on any atom is -0.494 e. The molecule has 36 heavy (non-hydrogen) atoms. The summed E-state index contributed by atoms with van der Waals surface area (Å²) in [6, 6.07) is 6.33. The van der Waals surface area contributed by atoms with Crippen LogP contribution in [0.25, 0.3) is 0 Å². The molecule has 1 aromatic carbocycles. The molecule has 3 heterocycles. The molecule has 0 aromatic heterocycles. The Bertz CT molecular complexity index is 969. The summed E-state index contributed by atoms with van der Waals surface area (Å²) >= 11 is 0. The number of hydrogen-bond acceptors (Lipinski definition) is 6. The smallest absolute Gasteiger partial charge is 0.245 e. The van der Waals surface area contributed by atoms with Gasteiger partial charge in [-0.3, -0.25) is 14.4 Å². The van der Waals surface area contributed by atoms with Crippen molar-refractivity contribution >= 4 is 23.4 Å². The Hall–Kier alpha value is -2.65. The maximum Gasteiger partial charge on any atom is 0.245 e. The lowest BCUT2D eigenvalue weighted by molar-refractivity contribution is -0.146. The van der Waals surface area contributed by atoms with Crippen LogP contribution >= 0.6 is 0 Å². The number of benzene rings is 1. The first-order valence-corrected chi connectivity index (χ1v) is 13.3. The lowest BCUT2D eigenvalue weighted by atomic mass is 9.65. The molecule has 3 amide bonds. The zero-order valence-corrected chi connectivity index (χ0v) is 21.5. The van der Waals surface area contributed by atoms with E-state index in [9.17, 15) is 19.5 Å². The predicted molar refractivity (Wildman–Crippen MR) is 134 cm³/mol. The first-order chi connectivity index (χ1) is 17.4. The Labute approximate surface area is 212 Å². The molecule has 9 heteroatoms. The van der Waals surface area contributed by atoms with Crippen LogP contribution in [-0.2, 0) is 19.1 Å². The van der Waals surface area contributed by atoms with Crippen LogP contribution in [0.1, 0.15) is 59.3 Å². The van der Waals surface area contributed by atoms with Gasteiger partial charge < -0.3 is 30.1 Å². The number of likely N-dealkylation sites (tertiary alicyclic amines) is 1. The van der Waals surface area contributed by atoms with E-state index in [1.807, 2.05) is 20.8 Å². The van der Waals surface area contributed by atoms with Crippen molar-refractivity contribution < 1.29 is 29.0 Å². The van der Waals surface area contributed by atoms with Gasteiger partial charge in [-0.15, -0.1) is 0 Å². The lowest BCUT2D eigenvalue weighted by Gasteiger charge is -2.34. The van der Waals surface area contributed by atoms with Gasteiger partial charge in [-0.2, -0.15) is 0 Å². The summed E-state index contributed by atoms with van der Waals surface area (Å²) in [5.41, 5.74) is -1.22. The highest BCUT2D eigenvalue weighted by atomic mass is 16.5. The van der Waals surface area contributed by atoms with Gasteiger partial charge in [0.25, 0.3) is 0 Å². The molecule has 2 unspecified atom stereocenters. The Morgan fingerprint density at radius 3 is 2.53 bits per heavy atom. The molecule has 2 bridgehead atoms. The average Bonchev–Trinajstić information content (AvgIpc) is 3.47. The van der Waals surface area contributed by atoms with E-state index >= 15 is 0 Å². The van der Waals surface area contributed by atoms with Gasteiger partial charge in [0.2, 0.25) is 17.7 Å². The molecule has 3 aliphatic heterocycles. The van der Waals surface area contributed by atoms with Gasteiger partial charge >= 0.3 is 0 Å². The number of anilines is 1. The van der Waals surface area contributed by atoms with E-state index in [0.717, 1.165) is 12.8 Å². The summed E-state index contributed by atoms with van der Waals surface area (Å²) in [6.45, 7) is 7.16. The number of nitrogens with one attached hydrogen (secondary N) is 2. The normalized spacial score (nSPS) is 30.4. The molecular formula is C27H39N3O6. The number of unbranched alkanes of at least 4 members (excludes halogenated alkanes) is 1. The molecule has 0 radical (unpaired) electrons. The number of hydrogen-bond donors (Lipinski definition) is 3. The highest BCUT2D eigenvalue weighted by Gasteiger charge is 2.78. The summed E-state index contributed by atoms with van der Waals surface area (Å²) in [7, 11) is 0. The van der Waals surface area contributed by atoms with Gasteiger partial charge in [0.15, 0.2) is 0 Å². The van der Waals surface area contributed by atoms with Crippen LogP contribution in [0.4, 0.5) is 5.69 Å². The lowest BCUT2D eigenvalue weighted by Crippen LogP contribution is -2.55. The van der Waals surface area contributed by atoms with Crippen LogP contribution in [0, 0.1) is 11.8 Å². The second-order valence-corrected chi connectivity index (χ2v) is 10.0. The zero-order valence-electron chi connectivity index (χ0n) is 21.5. The molecule has 0 aliphatic carbocycles. The first-order valence-electron chi connectivity index (χ1n) is 13.3. The second-order valence-electron chi connectivity index (χ2n) is 10.0. The van der Waals surface area contributed by atoms with Crippen molar-refractivity contribution in [1.29, 1.82) is 0 Å². The van der Waals surface area contributed by atoms with E-state index in [1.165, 1.54) is 0 Å². The molecule has 1 aromatic rings. The number of fused-ring (bicyclic) bond motifs is 1. The molecule has 3 aliphatic rings. The molecule has 0 saturated carbocycles. The fourth-order valence-electron chi connectivity index (χ4n) is 6.40. The topological polar surface area (TPSA) is 117 Å². The molecule has 9 nitrogen and oxygen atoms in total. The van der Waals surface area contributed by atoms with Gasteiger partial charge in [0, 0.05) is 25.4 Å². The third-order valence-corrected chi connectivity index (χ3v) is 8.03. The molecular weight excluding hydrogens is 462 g/mol. The number of amides is 3. The Kier molecular flexibility index (Phi) is 7.90. The van der Waals surface area contributed by atoms with Gasteiger partial charge in [0.1, 0.15) is 17.4 Å². The Morgan fingerprint density at radius 1 is 1.14 bits per heavy atom. The maximum atomic E-state index is 13.9. The fraction of sp³-hybridized carbons (Fsp3) is 0.667. The van der Waals surface area contributed by atoms with Crippen LogP contribution in [0.3, 0.4) is 0 Å². The highest BCUT2D eigenvalue weighted by molar-refractivity contribution is 6.02. The van der Waals surface area contributed by atoms with Gasteiger partial charge in [0.05, 0.1) is 24.0 Å². The quantitative estimate of drug-likeness (QED) is 0.379. The van der Waals surface area contributed by atoms with Crippen LogP contribution in [0.15, 0.2) is 24.3 Å². The summed E-state index contributed by atoms with van der Waals surface area (Å²) in [5.74, 6) is -1.48. The van der Waals surface area contributed by atoms with Gasteiger partial charge in [-0.25, -0.2) is 0 Å².